The van der Waals surface area contributed by atoms with E-state index < -0.39 is 23.2 Å². The Kier molecular flexibility index (Phi) is 5.27. The molecule has 1 aromatic heterocycles. The van der Waals surface area contributed by atoms with Gasteiger partial charge < -0.3 is 29.6 Å². The molecule has 32 heavy (non-hydrogen) atoms. The first-order valence-electron chi connectivity index (χ1n) is 10.3. The van der Waals surface area contributed by atoms with E-state index in [1.807, 2.05) is 26.0 Å². The van der Waals surface area contributed by atoms with E-state index in [9.17, 15) is 25.2 Å². The van der Waals surface area contributed by atoms with Crippen molar-refractivity contribution in [3.8, 4) is 28.6 Å². The molecule has 0 saturated carbocycles. The smallest absolute Gasteiger partial charge is 0.197 e. The summed E-state index contributed by atoms with van der Waals surface area (Å²) in [6.07, 6.45) is 0.605. The van der Waals surface area contributed by atoms with Crippen LogP contribution in [0.2, 0.25) is 0 Å². The van der Waals surface area contributed by atoms with Gasteiger partial charge in [0.1, 0.15) is 40.1 Å². The van der Waals surface area contributed by atoms with E-state index >= 15 is 0 Å². The topological polar surface area (TPSA) is 120 Å². The molecule has 0 amide bonds. The van der Waals surface area contributed by atoms with Crippen LogP contribution in [0.1, 0.15) is 44.9 Å². The molecule has 1 aliphatic rings. The highest BCUT2D eigenvalue weighted by atomic mass is 16.5. The predicted octanol–water partition coefficient (Wildman–Crippen LogP) is 3.95. The molecule has 3 aromatic rings. The van der Waals surface area contributed by atoms with Gasteiger partial charge in [0.15, 0.2) is 11.5 Å². The second-order valence-electron chi connectivity index (χ2n) is 8.99. The molecule has 0 unspecified atom stereocenters. The van der Waals surface area contributed by atoms with Crippen molar-refractivity contribution in [1.29, 1.82) is 0 Å². The van der Waals surface area contributed by atoms with E-state index in [0.29, 0.717) is 23.3 Å². The van der Waals surface area contributed by atoms with Gasteiger partial charge in [-0.25, -0.2) is 0 Å². The molecule has 4 rings (SSSR count). The van der Waals surface area contributed by atoms with Crippen LogP contribution >= 0.6 is 0 Å². The lowest BCUT2D eigenvalue weighted by Crippen LogP contribution is -2.41. The van der Waals surface area contributed by atoms with Crippen LogP contribution in [-0.4, -0.2) is 32.1 Å². The van der Waals surface area contributed by atoms with E-state index in [0.717, 1.165) is 17.2 Å². The quantitative estimate of drug-likeness (QED) is 0.455. The summed E-state index contributed by atoms with van der Waals surface area (Å²) in [5.41, 5.74) is 1.20. The van der Waals surface area contributed by atoms with Gasteiger partial charge in [-0.05, 0) is 51.8 Å². The first-order valence-corrected chi connectivity index (χ1v) is 10.3. The van der Waals surface area contributed by atoms with Gasteiger partial charge >= 0.3 is 0 Å². The summed E-state index contributed by atoms with van der Waals surface area (Å²) in [5, 5.41) is 41.1. The van der Waals surface area contributed by atoms with E-state index in [1.165, 1.54) is 12.1 Å². The summed E-state index contributed by atoms with van der Waals surface area (Å²) in [7, 11) is 0. The molecule has 4 N–H and O–H groups in total. The molecule has 0 saturated heterocycles. The third-order valence-electron chi connectivity index (χ3n) is 5.55. The highest BCUT2D eigenvalue weighted by Crippen LogP contribution is 2.45. The average Bonchev–Trinajstić information content (AvgIpc) is 3.02. The number of allylic oxidation sites excluding steroid dienone is 2. The summed E-state index contributed by atoms with van der Waals surface area (Å²) < 4.78 is 11.8. The number of ether oxygens (including phenoxy) is 1. The molecule has 0 aliphatic carbocycles. The van der Waals surface area contributed by atoms with Crippen molar-refractivity contribution in [1.82, 2.24) is 0 Å². The molecular formula is C25H26O7. The summed E-state index contributed by atoms with van der Waals surface area (Å²) >= 11 is 0. The Labute approximate surface area is 184 Å². The van der Waals surface area contributed by atoms with Crippen molar-refractivity contribution in [2.45, 2.75) is 51.9 Å². The fourth-order valence-electron chi connectivity index (χ4n) is 3.97. The second-order valence-corrected chi connectivity index (χ2v) is 8.99. The van der Waals surface area contributed by atoms with E-state index in [4.69, 9.17) is 9.15 Å². The number of hydrogen-bond acceptors (Lipinski definition) is 7. The number of phenols is 2. The normalized spacial score (nSPS) is 17.8. The highest BCUT2D eigenvalue weighted by Gasteiger charge is 2.43. The summed E-state index contributed by atoms with van der Waals surface area (Å²) in [6, 6.07) is 7.09. The molecule has 1 aliphatic heterocycles. The van der Waals surface area contributed by atoms with Gasteiger partial charge in [-0.2, -0.15) is 0 Å². The Bertz CT molecular complexity index is 1290. The van der Waals surface area contributed by atoms with Crippen LogP contribution in [0.4, 0.5) is 0 Å². The number of hydrogen-bond donors (Lipinski definition) is 4. The Hall–Kier alpha value is -3.29. The van der Waals surface area contributed by atoms with Crippen LogP contribution < -0.4 is 10.2 Å². The Balaban J connectivity index is 1.92. The van der Waals surface area contributed by atoms with Gasteiger partial charge in [-0.15, -0.1) is 0 Å². The fraction of sp³-hybridized carbons (Fsp3) is 0.320. The van der Waals surface area contributed by atoms with Crippen LogP contribution in [-0.2, 0) is 6.42 Å². The van der Waals surface area contributed by atoms with Crippen LogP contribution in [0, 0.1) is 0 Å². The van der Waals surface area contributed by atoms with Crippen molar-refractivity contribution in [2.24, 2.45) is 0 Å². The largest absolute Gasteiger partial charge is 0.508 e. The molecule has 7 heteroatoms. The van der Waals surface area contributed by atoms with Crippen LogP contribution in [0.5, 0.6) is 17.2 Å². The zero-order valence-corrected chi connectivity index (χ0v) is 18.3. The van der Waals surface area contributed by atoms with Gasteiger partial charge in [-0.1, -0.05) is 11.6 Å². The lowest BCUT2D eigenvalue weighted by atomic mass is 9.92. The van der Waals surface area contributed by atoms with Gasteiger partial charge in [0.2, 0.25) is 0 Å². The molecule has 2 atom stereocenters. The Morgan fingerprint density at radius 2 is 1.84 bits per heavy atom. The van der Waals surface area contributed by atoms with E-state index in [1.54, 1.807) is 19.9 Å². The van der Waals surface area contributed by atoms with E-state index in [2.05, 4.69) is 0 Å². The first kappa shape index (κ1) is 21.9. The Morgan fingerprint density at radius 1 is 1.12 bits per heavy atom. The molecule has 7 nitrogen and oxygen atoms in total. The number of rotatable bonds is 4. The number of aliphatic hydroxyl groups is 2. The van der Waals surface area contributed by atoms with Crippen LogP contribution in [0.3, 0.4) is 0 Å². The van der Waals surface area contributed by atoms with Crippen molar-refractivity contribution in [2.75, 3.05) is 0 Å². The zero-order chi connectivity index (χ0) is 23.4. The fourth-order valence-corrected chi connectivity index (χ4v) is 3.97. The second kappa shape index (κ2) is 7.69. The molecule has 168 valence electrons. The third-order valence-corrected chi connectivity index (χ3v) is 5.55. The lowest BCUT2D eigenvalue weighted by Gasteiger charge is -2.27. The lowest BCUT2D eigenvalue weighted by molar-refractivity contribution is -0.0764. The van der Waals surface area contributed by atoms with Crippen molar-refractivity contribution < 1.29 is 29.6 Å². The van der Waals surface area contributed by atoms with Gasteiger partial charge in [0.25, 0.3) is 0 Å². The summed E-state index contributed by atoms with van der Waals surface area (Å²) in [6.45, 7) is 7.09. The van der Waals surface area contributed by atoms with Crippen molar-refractivity contribution in [3.63, 3.8) is 0 Å². The maximum atomic E-state index is 12.7. The highest BCUT2D eigenvalue weighted by molar-refractivity contribution is 5.86. The first-order chi connectivity index (χ1) is 15.0. The molecule has 2 heterocycles. The molecule has 0 fully saturated rings. The summed E-state index contributed by atoms with van der Waals surface area (Å²) in [4.78, 5) is 12.7. The maximum absolute atomic E-state index is 12.7. The van der Waals surface area contributed by atoms with Crippen molar-refractivity contribution >= 4 is 11.0 Å². The predicted molar refractivity (Wildman–Crippen MR) is 120 cm³/mol. The number of phenolic OH excluding ortho intramolecular Hbond substituents is 2. The van der Waals surface area contributed by atoms with Crippen LogP contribution in [0.15, 0.2) is 51.2 Å². The minimum Gasteiger partial charge on any atom is -0.508 e. The monoisotopic (exact) mass is 438 g/mol. The molecule has 0 bridgehead atoms. The molecule has 0 spiro atoms. The minimum atomic E-state index is -1.28. The SMILES string of the molecule is CC(C)=CCc1cc(-c2cc(=O)c3c(O)cc(O)cc3o2)cc2c1O[C@@H](C(C)(C)O)[C@H]2O. The molecular weight excluding hydrogens is 412 g/mol. The maximum Gasteiger partial charge on any atom is 0.197 e. The number of aromatic hydroxyl groups is 2. The number of aliphatic hydroxyl groups excluding tert-OH is 1. The van der Waals surface area contributed by atoms with E-state index in [-0.39, 0.29) is 28.2 Å². The zero-order valence-electron chi connectivity index (χ0n) is 18.3. The number of fused-ring (bicyclic) bond motifs is 2. The minimum absolute atomic E-state index is 0.0251. The molecule has 0 radical (unpaired) electrons. The van der Waals surface area contributed by atoms with Crippen molar-refractivity contribution in [3.05, 3.63) is 63.3 Å². The number of benzene rings is 2. The summed E-state index contributed by atoms with van der Waals surface area (Å²) in [5.74, 6) is 0.123. The average molecular weight is 438 g/mol. The van der Waals surface area contributed by atoms with Gasteiger partial charge in [0.05, 0.1) is 5.60 Å². The van der Waals surface area contributed by atoms with Gasteiger partial charge in [0, 0.05) is 29.3 Å². The Morgan fingerprint density at radius 3 is 2.50 bits per heavy atom. The third kappa shape index (κ3) is 3.85. The standard InChI is InChI=1S/C25H26O7/c1-12(2)5-6-13-7-14(8-16-22(29)24(25(3,4)30)32-23(13)16)19-11-18(28)21-17(27)9-15(26)10-20(21)31-19/h5,7-11,22,24,26-27,29-30H,6H2,1-4H3/t22-,24+/m0/s1. The van der Waals surface area contributed by atoms with Crippen LogP contribution in [0.25, 0.3) is 22.3 Å². The molecule has 2 aromatic carbocycles. The van der Waals surface area contributed by atoms with Gasteiger partial charge in [-0.3, -0.25) is 4.79 Å².